The Morgan fingerprint density at radius 1 is 0.826 bits per heavy atom. The topological polar surface area (TPSA) is 159 Å². The average molecular weight is 732 g/mol. The van der Waals surface area contributed by atoms with E-state index in [2.05, 4.69) is 26.6 Å². The van der Waals surface area contributed by atoms with E-state index >= 15 is 0 Å². The smallest absolute Gasteiger partial charge is 0.344 e. The van der Waals surface area contributed by atoms with Crippen molar-refractivity contribution in [3.63, 3.8) is 0 Å². The number of sulfonamides is 1. The fourth-order valence-corrected chi connectivity index (χ4v) is 6.05. The Balaban J connectivity index is 1.70. The molecule has 3 N–H and O–H groups in total. The summed E-state index contributed by atoms with van der Waals surface area (Å²) >= 11 is 3.20. The Labute approximate surface area is 272 Å². The molecule has 0 bridgehead atoms. The predicted molar refractivity (Wildman–Crippen MR) is 164 cm³/mol. The van der Waals surface area contributed by atoms with Gasteiger partial charge in [0, 0.05) is 22.1 Å². The maximum absolute atomic E-state index is 13.6. The zero-order valence-corrected chi connectivity index (χ0v) is 27.8. The van der Waals surface area contributed by atoms with Gasteiger partial charge in [0.15, 0.2) is 0 Å². The maximum atomic E-state index is 13.6. The minimum Gasteiger partial charge on any atom is -0.344 e. The molecular weight excluding hydrogens is 697 g/mol. The number of likely N-dealkylation sites (tertiary alicyclic amines) is 1. The number of alkyl halides is 3. The number of carbonyl (C=O) groups excluding carboxylic acids is 5. The van der Waals surface area contributed by atoms with Crippen LogP contribution in [-0.4, -0.2) is 73.6 Å². The van der Waals surface area contributed by atoms with Gasteiger partial charge in [-0.1, -0.05) is 43.6 Å². The molecule has 1 fully saturated rings. The molecule has 4 amide bonds. The van der Waals surface area contributed by atoms with Gasteiger partial charge in [0.25, 0.3) is 27.6 Å². The molecule has 1 saturated heterocycles. The highest BCUT2D eigenvalue weighted by molar-refractivity contribution is 9.10. The monoisotopic (exact) mass is 730 g/mol. The standard InChI is InChI=1S/C30H34BrF3N4O7S/c1-16(2)23(25(39)30(32,33)34)35-28(42)22-6-5-15-38(22)29(43)24(17(3)4)36-26(40)18-7-9-19(10-8-18)27(41)37-46(44,45)21-13-11-20(31)12-14-21/h7-14,16-17,22-24H,5-6,15H2,1-4H3,(H,35,42)(H,36,40)(H,37,41)/t22-,23-,24-/m0/s1. The number of hydrogen-bond donors (Lipinski definition) is 3. The summed E-state index contributed by atoms with van der Waals surface area (Å²) in [7, 11) is -4.16. The minimum atomic E-state index is -5.15. The summed E-state index contributed by atoms with van der Waals surface area (Å²) in [5, 5.41) is 4.78. The van der Waals surface area contributed by atoms with Crippen LogP contribution >= 0.6 is 15.9 Å². The maximum Gasteiger partial charge on any atom is 0.452 e. The van der Waals surface area contributed by atoms with Crippen LogP contribution in [0.2, 0.25) is 0 Å². The highest BCUT2D eigenvalue weighted by atomic mass is 79.9. The summed E-state index contributed by atoms with van der Waals surface area (Å²) in [6.45, 7) is 6.15. The fraction of sp³-hybridized carbons (Fsp3) is 0.433. The van der Waals surface area contributed by atoms with Crippen LogP contribution in [-0.2, 0) is 24.4 Å². The van der Waals surface area contributed by atoms with E-state index in [1.54, 1.807) is 13.8 Å². The molecule has 0 saturated carbocycles. The summed E-state index contributed by atoms with van der Waals surface area (Å²) in [6.07, 6.45) is -4.62. The highest BCUT2D eigenvalue weighted by Gasteiger charge is 2.46. The first-order valence-corrected chi connectivity index (χ1v) is 16.6. The second-order valence-electron chi connectivity index (χ2n) is 11.4. The molecule has 1 heterocycles. The van der Waals surface area contributed by atoms with Crippen molar-refractivity contribution in [1.29, 1.82) is 0 Å². The quantitative estimate of drug-likeness (QED) is 0.319. The van der Waals surface area contributed by atoms with Gasteiger partial charge >= 0.3 is 6.18 Å². The molecule has 1 aliphatic rings. The van der Waals surface area contributed by atoms with Gasteiger partial charge in [-0.2, -0.15) is 13.2 Å². The lowest BCUT2D eigenvalue weighted by atomic mass is 9.98. The second-order valence-corrected chi connectivity index (χ2v) is 14.0. The van der Waals surface area contributed by atoms with Crippen molar-refractivity contribution in [3.8, 4) is 0 Å². The van der Waals surface area contributed by atoms with Crippen molar-refractivity contribution in [2.24, 2.45) is 11.8 Å². The summed E-state index contributed by atoms with van der Waals surface area (Å²) in [5.41, 5.74) is -0.00438. The van der Waals surface area contributed by atoms with E-state index in [0.29, 0.717) is 10.9 Å². The Kier molecular flexibility index (Phi) is 11.8. The van der Waals surface area contributed by atoms with Crippen molar-refractivity contribution in [1.82, 2.24) is 20.3 Å². The summed E-state index contributed by atoms with van der Waals surface area (Å²) in [5.74, 6) is -6.57. The van der Waals surface area contributed by atoms with Crippen LogP contribution in [0.15, 0.2) is 57.9 Å². The molecule has 2 aromatic rings. The van der Waals surface area contributed by atoms with Crippen molar-refractivity contribution >= 4 is 55.4 Å². The van der Waals surface area contributed by atoms with Gasteiger partial charge in [-0.25, -0.2) is 13.1 Å². The van der Waals surface area contributed by atoms with E-state index in [0.717, 1.165) is 0 Å². The van der Waals surface area contributed by atoms with Gasteiger partial charge in [-0.15, -0.1) is 0 Å². The molecular formula is C30H34BrF3N4O7S. The third-order valence-corrected chi connectivity index (χ3v) is 9.22. The van der Waals surface area contributed by atoms with Crippen molar-refractivity contribution in [2.45, 2.75) is 69.7 Å². The van der Waals surface area contributed by atoms with E-state index in [9.17, 15) is 45.6 Å². The molecule has 0 unspecified atom stereocenters. The first-order valence-electron chi connectivity index (χ1n) is 14.3. The number of hydrogen-bond acceptors (Lipinski definition) is 7. The lowest BCUT2D eigenvalue weighted by molar-refractivity contribution is -0.175. The minimum absolute atomic E-state index is 0.0481. The van der Waals surface area contributed by atoms with Crippen LogP contribution in [0, 0.1) is 11.8 Å². The van der Waals surface area contributed by atoms with E-state index < -0.39 is 75.6 Å². The molecule has 1 aliphatic heterocycles. The lowest BCUT2D eigenvalue weighted by Crippen LogP contribution is -2.58. The van der Waals surface area contributed by atoms with Gasteiger partial charge in [0.2, 0.25) is 11.8 Å². The van der Waals surface area contributed by atoms with E-state index in [-0.39, 0.29) is 29.0 Å². The first kappa shape index (κ1) is 36.7. The van der Waals surface area contributed by atoms with E-state index in [1.165, 1.54) is 67.3 Å². The van der Waals surface area contributed by atoms with Crippen LogP contribution in [0.4, 0.5) is 13.2 Å². The zero-order chi connectivity index (χ0) is 34.6. The van der Waals surface area contributed by atoms with Gasteiger partial charge in [-0.3, -0.25) is 24.0 Å². The van der Waals surface area contributed by atoms with E-state index in [4.69, 9.17) is 0 Å². The first-order chi connectivity index (χ1) is 21.3. The van der Waals surface area contributed by atoms with Gasteiger partial charge < -0.3 is 15.5 Å². The third-order valence-electron chi connectivity index (χ3n) is 7.34. The van der Waals surface area contributed by atoms with Crippen LogP contribution in [0.3, 0.4) is 0 Å². The number of halogens is 4. The Morgan fingerprint density at radius 2 is 1.35 bits per heavy atom. The highest BCUT2D eigenvalue weighted by Crippen LogP contribution is 2.24. The largest absolute Gasteiger partial charge is 0.452 e. The molecule has 46 heavy (non-hydrogen) atoms. The molecule has 3 atom stereocenters. The molecule has 250 valence electrons. The van der Waals surface area contributed by atoms with Crippen LogP contribution in [0.25, 0.3) is 0 Å². The molecule has 0 aliphatic carbocycles. The Bertz CT molecular complexity index is 1580. The Morgan fingerprint density at radius 3 is 1.85 bits per heavy atom. The number of amides is 4. The second kappa shape index (κ2) is 14.8. The predicted octanol–water partition coefficient (Wildman–Crippen LogP) is 3.59. The molecule has 2 aromatic carbocycles. The molecule has 0 aromatic heterocycles. The van der Waals surface area contributed by atoms with Gasteiger partial charge in [0.1, 0.15) is 12.1 Å². The van der Waals surface area contributed by atoms with Gasteiger partial charge in [-0.05, 0) is 73.2 Å². The zero-order valence-electron chi connectivity index (χ0n) is 25.4. The number of Topliss-reactive ketones (excluding diaryl/α,β-unsaturated/α-hetero) is 1. The van der Waals surface area contributed by atoms with E-state index in [1.807, 2.05) is 4.72 Å². The molecule has 3 rings (SSSR count). The van der Waals surface area contributed by atoms with Crippen molar-refractivity contribution in [3.05, 3.63) is 64.1 Å². The molecule has 0 radical (unpaired) electrons. The summed E-state index contributed by atoms with van der Waals surface area (Å²) in [6, 6.07) is 6.56. The van der Waals surface area contributed by atoms with Gasteiger partial charge in [0.05, 0.1) is 10.9 Å². The van der Waals surface area contributed by atoms with Crippen molar-refractivity contribution in [2.75, 3.05) is 6.54 Å². The SMILES string of the molecule is CC(C)[C@H](NC(=O)c1ccc(C(=O)NS(=O)(=O)c2ccc(Br)cc2)cc1)C(=O)N1CCC[C@H]1C(=O)N[C@H](C(=O)C(F)(F)F)C(C)C. The normalized spacial score (nSPS) is 16.6. The number of benzene rings is 2. The Hall–Kier alpha value is -3.79. The molecule has 16 heteroatoms. The summed E-state index contributed by atoms with van der Waals surface area (Å²) in [4.78, 5) is 65.3. The van der Waals surface area contributed by atoms with Crippen LogP contribution in [0.5, 0.6) is 0 Å². The van der Waals surface area contributed by atoms with Crippen molar-refractivity contribution < 1.29 is 45.6 Å². The average Bonchev–Trinajstić information content (AvgIpc) is 3.47. The van der Waals surface area contributed by atoms with Crippen LogP contribution in [0.1, 0.15) is 61.3 Å². The molecule has 0 spiro atoms. The number of carbonyl (C=O) groups is 5. The number of rotatable bonds is 11. The number of nitrogens with zero attached hydrogens (tertiary/aromatic N) is 1. The third kappa shape index (κ3) is 8.93. The number of nitrogens with one attached hydrogen (secondary N) is 3. The fourth-order valence-electron chi connectivity index (χ4n) is 4.81. The molecule has 11 nitrogen and oxygen atoms in total. The lowest BCUT2D eigenvalue weighted by Gasteiger charge is -2.32. The summed E-state index contributed by atoms with van der Waals surface area (Å²) < 4.78 is 67.0. The van der Waals surface area contributed by atoms with Crippen LogP contribution < -0.4 is 15.4 Å². The number of ketones is 1.